The second-order valence-corrected chi connectivity index (χ2v) is 6.28. The molecule has 0 N–H and O–H groups in total. The topological polar surface area (TPSA) is 9.23 Å². The molecule has 0 amide bonds. The first-order valence-electron chi connectivity index (χ1n) is 6.71. The molecule has 0 aliphatic carbocycles. The average Bonchev–Trinajstić information content (AvgIpc) is 2.38. The molecule has 0 fully saturated rings. The van der Waals surface area contributed by atoms with Crippen molar-refractivity contribution < 1.29 is 4.74 Å². The van der Waals surface area contributed by atoms with Gasteiger partial charge in [0.15, 0.2) is 0 Å². The van der Waals surface area contributed by atoms with Crippen molar-refractivity contribution in [2.75, 3.05) is 11.0 Å². The molecule has 0 aliphatic heterocycles. The highest BCUT2D eigenvalue weighted by Gasteiger charge is 2.10. The Kier molecular flexibility index (Phi) is 9.33. The van der Waals surface area contributed by atoms with E-state index in [1.807, 2.05) is 0 Å². The zero-order valence-electron chi connectivity index (χ0n) is 11.0. The smallest absolute Gasteiger partial charge is 0.0914 e. The zero-order chi connectivity index (χ0) is 13.2. The molecule has 0 heterocycles. The second kappa shape index (κ2) is 10.2. The lowest BCUT2D eigenvalue weighted by Crippen LogP contribution is -2.07. The van der Waals surface area contributed by atoms with E-state index in [0.717, 1.165) is 15.5 Å². The molecular formula is C15H22BrIO. The van der Waals surface area contributed by atoms with E-state index in [0.29, 0.717) is 0 Å². The van der Waals surface area contributed by atoms with E-state index >= 15 is 0 Å². The Balaban J connectivity index is 2.29. The van der Waals surface area contributed by atoms with Crippen LogP contribution in [0, 0.1) is 0 Å². The van der Waals surface area contributed by atoms with E-state index in [4.69, 9.17) is 4.74 Å². The van der Waals surface area contributed by atoms with Gasteiger partial charge in [-0.15, -0.1) is 0 Å². The van der Waals surface area contributed by atoms with Gasteiger partial charge in [-0.1, -0.05) is 83.3 Å². The number of hydrogen-bond donors (Lipinski definition) is 0. The second-order valence-electron chi connectivity index (χ2n) is 4.48. The standard InChI is InChI=1S/C15H22BrIO/c1-2-3-4-5-6-10-18-15(12-17)13-8-7-9-14(16)11-13/h7-9,11,15H,2-6,10,12H2,1H3. The Morgan fingerprint density at radius 2 is 2.00 bits per heavy atom. The van der Waals surface area contributed by atoms with E-state index < -0.39 is 0 Å². The third kappa shape index (κ3) is 6.53. The summed E-state index contributed by atoms with van der Waals surface area (Å²) in [6.45, 7) is 3.12. The molecule has 0 radical (unpaired) electrons. The normalized spacial score (nSPS) is 12.6. The van der Waals surface area contributed by atoms with Gasteiger partial charge in [0.2, 0.25) is 0 Å². The maximum absolute atomic E-state index is 5.98. The highest BCUT2D eigenvalue weighted by Crippen LogP contribution is 2.23. The molecule has 1 nitrogen and oxygen atoms in total. The van der Waals surface area contributed by atoms with Crippen molar-refractivity contribution in [1.82, 2.24) is 0 Å². The number of rotatable bonds is 9. The van der Waals surface area contributed by atoms with Crippen molar-refractivity contribution >= 4 is 38.5 Å². The molecule has 0 aliphatic rings. The Labute approximate surface area is 133 Å². The highest BCUT2D eigenvalue weighted by molar-refractivity contribution is 14.1. The largest absolute Gasteiger partial charge is 0.373 e. The Morgan fingerprint density at radius 3 is 2.67 bits per heavy atom. The van der Waals surface area contributed by atoms with E-state index in [-0.39, 0.29) is 6.10 Å². The first-order chi connectivity index (χ1) is 8.77. The third-order valence-electron chi connectivity index (χ3n) is 2.93. The molecule has 0 bridgehead atoms. The van der Waals surface area contributed by atoms with Gasteiger partial charge in [0.05, 0.1) is 6.10 Å². The van der Waals surface area contributed by atoms with Crippen molar-refractivity contribution in [1.29, 1.82) is 0 Å². The van der Waals surface area contributed by atoms with Gasteiger partial charge in [-0.3, -0.25) is 0 Å². The molecule has 102 valence electrons. The van der Waals surface area contributed by atoms with Gasteiger partial charge in [0.25, 0.3) is 0 Å². The molecule has 0 saturated heterocycles. The van der Waals surface area contributed by atoms with Crippen LogP contribution in [0.4, 0.5) is 0 Å². The first kappa shape index (κ1) is 16.4. The van der Waals surface area contributed by atoms with Crippen LogP contribution in [0.1, 0.15) is 50.7 Å². The molecule has 1 rings (SSSR count). The maximum atomic E-state index is 5.98. The van der Waals surface area contributed by atoms with Crippen LogP contribution in [-0.4, -0.2) is 11.0 Å². The molecule has 1 aromatic rings. The molecule has 3 heteroatoms. The van der Waals surface area contributed by atoms with E-state index in [2.05, 4.69) is 69.7 Å². The molecule has 1 atom stereocenters. The van der Waals surface area contributed by atoms with Crippen LogP contribution < -0.4 is 0 Å². The number of ether oxygens (including phenoxy) is 1. The lowest BCUT2D eigenvalue weighted by Gasteiger charge is -2.16. The summed E-state index contributed by atoms with van der Waals surface area (Å²) in [6.07, 6.45) is 6.69. The van der Waals surface area contributed by atoms with Crippen LogP contribution in [0.5, 0.6) is 0 Å². The molecule has 0 saturated carbocycles. The summed E-state index contributed by atoms with van der Waals surface area (Å²) in [6, 6.07) is 8.42. The number of halogens is 2. The number of alkyl halides is 1. The van der Waals surface area contributed by atoms with Crippen molar-refractivity contribution in [3.8, 4) is 0 Å². The van der Waals surface area contributed by atoms with Crippen LogP contribution in [0.3, 0.4) is 0 Å². The minimum atomic E-state index is 0.231. The van der Waals surface area contributed by atoms with Gasteiger partial charge in [0, 0.05) is 15.5 Å². The predicted molar refractivity (Wildman–Crippen MR) is 90.5 cm³/mol. The summed E-state index contributed by atoms with van der Waals surface area (Å²) in [5, 5.41) is 0. The summed E-state index contributed by atoms with van der Waals surface area (Å²) in [7, 11) is 0. The SMILES string of the molecule is CCCCCCCOC(CI)c1cccc(Br)c1. The molecule has 1 unspecified atom stereocenters. The van der Waals surface area contributed by atoms with E-state index in [1.54, 1.807) is 0 Å². The number of hydrogen-bond acceptors (Lipinski definition) is 1. The zero-order valence-corrected chi connectivity index (χ0v) is 14.7. The summed E-state index contributed by atoms with van der Waals surface area (Å²) in [5.74, 6) is 0. The van der Waals surface area contributed by atoms with Crippen LogP contribution in [0.15, 0.2) is 28.7 Å². The van der Waals surface area contributed by atoms with Gasteiger partial charge in [0.1, 0.15) is 0 Å². The minimum Gasteiger partial charge on any atom is -0.373 e. The average molecular weight is 425 g/mol. The summed E-state index contributed by atoms with van der Waals surface area (Å²) >= 11 is 5.91. The fourth-order valence-corrected chi connectivity index (χ4v) is 3.05. The monoisotopic (exact) mass is 424 g/mol. The van der Waals surface area contributed by atoms with Crippen LogP contribution in [-0.2, 0) is 4.74 Å². The Morgan fingerprint density at radius 1 is 1.22 bits per heavy atom. The molecule has 18 heavy (non-hydrogen) atoms. The van der Waals surface area contributed by atoms with Gasteiger partial charge in [-0.05, 0) is 24.1 Å². The quantitative estimate of drug-likeness (QED) is 0.272. The van der Waals surface area contributed by atoms with E-state index in [1.165, 1.54) is 37.7 Å². The molecule has 0 spiro atoms. The fourth-order valence-electron chi connectivity index (χ4n) is 1.87. The summed E-state index contributed by atoms with van der Waals surface area (Å²) in [5.41, 5.74) is 1.27. The van der Waals surface area contributed by atoms with Gasteiger partial charge < -0.3 is 4.74 Å². The Bertz CT molecular complexity index is 330. The molecular weight excluding hydrogens is 403 g/mol. The fraction of sp³-hybridized carbons (Fsp3) is 0.600. The lowest BCUT2D eigenvalue weighted by atomic mass is 10.1. The molecule has 1 aromatic carbocycles. The van der Waals surface area contributed by atoms with Gasteiger partial charge >= 0.3 is 0 Å². The van der Waals surface area contributed by atoms with Crippen molar-refractivity contribution in [2.45, 2.75) is 45.1 Å². The third-order valence-corrected chi connectivity index (χ3v) is 4.22. The number of benzene rings is 1. The van der Waals surface area contributed by atoms with Crippen molar-refractivity contribution in [3.63, 3.8) is 0 Å². The summed E-state index contributed by atoms with van der Waals surface area (Å²) < 4.78 is 8.11. The Hall–Kier alpha value is 0.390. The predicted octanol–water partition coefficient (Wildman–Crippen LogP) is 5.91. The van der Waals surface area contributed by atoms with Crippen molar-refractivity contribution in [2.24, 2.45) is 0 Å². The van der Waals surface area contributed by atoms with E-state index in [9.17, 15) is 0 Å². The van der Waals surface area contributed by atoms with Crippen LogP contribution in [0.2, 0.25) is 0 Å². The van der Waals surface area contributed by atoms with Crippen LogP contribution in [0.25, 0.3) is 0 Å². The maximum Gasteiger partial charge on any atom is 0.0914 e. The van der Waals surface area contributed by atoms with Crippen molar-refractivity contribution in [3.05, 3.63) is 34.3 Å². The number of unbranched alkanes of at least 4 members (excludes halogenated alkanes) is 4. The molecule has 0 aromatic heterocycles. The lowest BCUT2D eigenvalue weighted by molar-refractivity contribution is 0.0678. The highest BCUT2D eigenvalue weighted by atomic mass is 127. The summed E-state index contributed by atoms with van der Waals surface area (Å²) in [4.78, 5) is 0. The van der Waals surface area contributed by atoms with Gasteiger partial charge in [-0.2, -0.15) is 0 Å². The van der Waals surface area contributed by atoms with Crippen LogP contribution >= 0.6 is 38.5 Å². The minimum absolute atomic E-state index is 0.231. The van der Waals surface area contributed by atoms with Gasteiger partial charge in [-0.25, -0.2) is 0 Å². The first-order valence-corrected chi connectivity index (χ1v) is 9.02.